The van der Waals surface area contributed by atoms with E-state index in [1.54, 1.807) is 26.4 Å². The van der Waals surface area contributed by atoms with Crippen LogP contribution in [-0.2, 0) is 6.42 Å². The van der Waals surface area contributed by atoms with E-state index in [0.717, 1.165) is 37.9 Å². The molecule has 150 valence electrons. The molecule has 1 aliphatic heterocycles. The zero-order chi connectivity index (χ0) is 19.9. The Hall–Kier alpha value is -2.89. The number of urea groups is 1. The predicted molar refractivity (Wildman–Crippen MR) is 108 cm³/mol. The molecule has 6 nitrogen and oxygen atoms in total. The Balaban J connectivity index is 1.44. The van der Waals surface area contributed by atoms with Gasteiger partial charge in [0.25, 0.3) is 0 Å². The first-order valence-electron chi connectivity index (χ1n) is 9.63. The number of carbonyl (C=O) groups excluding carboxylic acids is 1. The molecule has 0 atom stereocenters. The van der Waals surface area contributed by atoms with Crippen molar-refractivity contribution in [3.8, 4) is 17.2 Å². The van der Waals surface area contributed by atoms with Gasteiger partial charge in [0.1, 0.15) is 5.75 Å². The highest BCUT2D eigenvalue weighted by Gasteiger charge is 2.23. The fourth-order valence-corrected chi connectivity index (χ4v) is 3.62. The summed E-state index contributed by atoms with van der Waals surface area (Å²) < 4.78 is 10.6. The van der Waals surface area contributed by atoms with E-state index in [1.807, 2.05) is 35.2 Å². The van der Waals surface area contributed by atoms with E-state index in [2.05, 4.69) is 5.32 Å². The Morgan fingerprint density at radius 3 is 2.39 bits per heavy atom. The van der Waals surface area contributed by atoms with E-state index >= 15 is 0 Å². The Morgan fingerprint density at radius 2 is 1.75 bits per heavy atom. The van der Waals surface area contributed by atoms with Gasteiger partial charge < -0.3 is 24.8 Å². The number of benzene rings is 2. The molecular weight excluding hydrogens is 356 g/mol. The third-order valence-electron chi connectivity index (χ3n) is 5.28. The maximum Gasteiger partial charge on any atom is 0.317 e. The minimum Gasteiger partial charge on any atom is -0.508 e. The second-order valence-electron chi connectivity index (χ2n) is 7.02. The lowest BCUT2D eigenvalue weighted by atomic mass is 9.89. The first-order valence-corrected chi connectivity index (χ1v) is 9.63. The monoisotopic (exact) mass is 384 g/mol. The zero-order valence-electron chi connectivity index (χ0n) is 16.5. The summed E-state index contributed by atoms with van der Waals surface area (Å²) in [5.74, 6) is 2.13. The minimum absolute atomic E-state index is 0.00960. The van der Waals surface area contributed by atoms with Crippen molar-refractivity contribution in [1.82, 2.24) is 10.2 Å². The minimum atomic E-state index is -0.00960. The van der Waals surface area contributed by atoms with Crippen LogP contribution < -0.4 is 14.8 Å². The molecule has 2 N–H and O–H groups in total. The van der Waals surface area contributed by atoms with Gasteiger partial charge in [-0.1, -0.05) is 18.2 Å². The number of phenols is 1. The predicted octanol–water partition coefficient (Wildman–Crippen LogP) is 3.54. The van der Waals surface area contributed by atoms with Gasteiger partial charge in [-0.15, -0.1) is 0 Å². The molecule has 2 aromatic rings. The number of ether oxygens (including phenoxy) is 2. The van der Waals surface area contributed by atoms with Crippen LogP contribution >= 0.6 is 0 Å². The van der Waals surface area contributed by atoms with E-state index < -0.39 is 0 Å². The number of aromatic hydroxyl groups is 1. The van der Waals surface area contributed by atoms with Gasteiger partial charge in [0.2, 0.25) is 0 Å². The van der Waals surface area contributed by atoms with Crippen LogP contribution in [0.15, 0.2) is 42.5 Å². The van der Waals surface area contributed by atoms with E-state index in [4.69, 9.17) is 9.47 Å². The van der Waals surface area contributed by atoms with Crippen LogP contribution in [0, 0.1) is 0 Å². The summed E-state index contributed by atoms with van der Waals surface area (Å²) in [5, 5.41) is 12.4. The van der Waals surface area contributed by atoms with E-state index in [-0.39, 0.29) is 11.8 Å². The maximum absolute atomic E-state index is 12.4. The van der Waals surface area contributed by atoms with Gasteiger partial charge in [0, 0.05) is 19.6 Å². The number of phenolic OH excluding ortho intramolecular Hbond substituents is 1. The van der Waals surface area contributed by atoms with Crippen molar-refractivity contribution >= 4 is 6.03 Å². The molecule has 6 heteroatoms. The number of methoxy groups -OCH3 is 2. The molecule has 0 aromatic heterocycles. The Kier molecular flexibility index (Phi) is 6.63. The third kappa shape index (κ3) is 4.88. The fourth-order valence-electron chi connectivity index (χ4n) is 3.62. The molecule has 28 heavy (non-hydrogen) atoms. The van der Waals surface area contributed by atoms with E-state index in [0.29, 0.717) is 24.0 Å². The van der Waals surface area contributed by atoms with E-state index in [1.165, 1.54) is 5.56 Å². The van der Waals surface area contributed by atoms with Crippen LogP contribution in [0.4, 0.5) is 4.79 Å². The van der Waals surface area contributed by atoms with Crippen LogP contribution in [0.2, 0.25) is 0 Å². The smallest absolute Gasteiger partial charge is 0.317 e. The maximum atomic E-state index is 12.4. The van der Waals surface area contributed by atoms with Crippen molar-refractivity contribution in [2.24, 2.45) is 0 Å². The number of nitrogens with one attached hydrogen (secondary N) is 1. The topological polar surface area (TPSA) is 71.0 Å². The summed E-state index contributed by atoms with van der Waals surface area (Å²) in [4.78, 5) is 14.3. The number of rotatable bonds is 6. The van der Waals surface area contributed by atoms with Gasteiger partial charge >= 0.3 is 6.03 Å². The lowest BCUT2D eigenvalue weighted by molar-refractivity contribution is 0.181. The first kappa shape index (κ1) is 19.9. The van der Waals surface area contributed by atoms with Crippen LogP contribution in [0.25, 0.3) is 0 Å². The van der Waals surface area contributed by atoms with Crippen molar-refractivity contribution in [2.45, 2.75) is 25.2 Å². The molecule has 3 rings (SSSR count). The van der Waals surface area contributed by atoms with Crippen molar-refractivity contribution < 1.29 is 19.4 Å². The Bertz CT molecular complexity index is 784. The fraction of sp³-hybridized carbons (Fsp3) is 0.409. The number of hydrogen-bond donors (Lipinski definition) is 2. The summed E-state index contributed by atoms with van der Waals surface area (Å²) in [6.07, 6.45) is 2.61. The van der Waals surface area contributed by atoms with Gasteiger partial charge in [-0.05, 0) is 60.6 Å². The van der Waals surface area contributed by atoms with Crippen molar-refractivity contribution in [3.05, 3.63) is 53.6 Å². The summed E-state index contributed by atoms with van der Waals surface area (Å²) >= 11 is 0. The van der Waals surface area contributed by atoms with Crippen molar-refractivity contribution in [1.29, 1.82) is 0 Å². The average Bonchev–Trinajstić information content (AvgIpc) is 2.74. The largest absolute Gasteiger partial charge is 0.508 e. The molecule has 0 spiro atoms. The molecule has 2 amide bonds. The second kappa shape index (κ2) is 9.35. The number of nitrogens with zero attached hydrogens (tertiary/aromatic N) is 1. The normalized spacial score (nSPS) is 14.6. The summed E-state index contributed by atoms with van der Waals surface area (Å²) in [7, 11) is 3.23. The van der Waals surface area contributed by atoms with Crippen molar-refractivity contribution in [2.75, 3.05) is 33.9 Å². The lowest BCUT2D eigenvalue weighted by Crippen LogP contribution is -2.44. The number of hydrogen-bond acceptors (Lipinski definition) is 4. The molecule has 0 unspecified atom stereocenters. The molecule has 1 heterocycles. The molecule has 0 radical (unpaired) electrons. The first-order chi connectivity index (χ1) is 13.6. The van der Waals surface area contributed by atoms with Crippen LogP contribution in [0.5, 0.6) is 17.2 Å². The molecule has 0 saturated carbocycles. The summed E-state index contributed by atoms with van der Waals surface area (Å²) in [6, 6.07) is 13.2. The van der Waals surface area contributed by atoms with Gasteiger partial charge in [0.05, 0.1) is 14.2 Å². The van der Waals surface area contributed by atoms with Gasteiger partial charge in [-0.2, -0.15) is 0 Å². The number of carbonyl (C=O) groups is 1. The molecule has 1 saturated heterocycles. The molecule has 1 fully saturated rings. The van der Waals surface area contributed by atoms with Crippen LogP contribution in [0.3, 0.4) is 0 Å². The highest BCUT2D eigenvalue weighted by atomic mass is 16.5. The third-order valence-corrected chi connectivity index (χ3v) is 5.28. The van der Waals surface area contributed by atoms with Gasteiger partial charge in [0.15, 0.2) is 11.5 Å². The molecular formula is C22H28N2O4. The molecule has 0 bridgehead atoms. The van der Waals surface area contributed by atoms with Crippen LogP contribution in [-0.4, -0.2) is 49.9 Å². The zero-order valence-corrected chi connectivity index (χ0v) is 16.5. The second-order valence-corrected chi connectivity index (χ2v) is 7.02. The van der Waals surface area contributed by atoms with Crippen LogP contribution in [0.1, 0.15) is 29.9 Å². The van der Waals surface area contributed by atoms with Gasteiger partial charge in [-0.25, -0.2) is 4.79 Å². The highest BCUT2D eigenvalue weighted by Crippen LogP contribution is 2.29. The Morgan fingerprint density at radius 1 is 1.07 bits per heavy atom. The molecule has 2 aromatic carbocycles. The van der Waals surface area contributed by atoms with E-state index in [9.17, 15) is 9.90 Å². The molecule has 0 aliphatic carbocycles. The highest BCUT2D eigenvalue weighted by molar-refractivity contribution is 5.74. The number of piperidine rings is 1. The number of likely N-dealkylation sites (tertiary alicyclic amines) is 1. The Labute approximate surface area is 166 Å². The SMILES string of the molecule is COc1ccc(CCNC(=O)N2CCC(c3ccc(O)cc3)CC2)cc1OC. The standard InChI is InChI=1S/C22H28N2O4/c1-27-20-8-3-16(15-21(20)28-2)9-12-23-22(26)24-13-10-18(11-14-24)17-4-6-19(25)7-5-17/h3-8,15,18,25H,9-14H2,1-2H3,(H,23,26). The number of amides is 2. The average molecular weight is 384 g/mol. The quantitative estimate of drug-likeness (QED) is 0.799. The summed E-state index contributed by atoms with van der Waals surface area (Å²) in [6.45, 7) is 2.06. The lowest BCUT2D eigenvalue weighted by Gasteiger charge is -2.32. The van der Waals surface area contributed by atoms with Crippen molar-refractivity contribution in [3.63, 3.8) is 0 Å². The molecule has 1 aliphatic rings. The van der Waals surface area contributed by atoms with Gasteiger partial charge in [-0.3, -0.25) is 0 Å². The summed E-state index contributed by atoms with van der Waals surface area (Å²) in [5.41, 5.74) is 2.32.